The first-order chi connectivity index (χ1) is 11.5. The molecule has 0 saturated carbocycles. The summed E-state index contributed by atoms with van der Waals surface area (Å²) in [5.74, 6) is 0.512. The van der Waals surface area contributed by atoms with Crippen molar-refractivity contribution in [2.24, 2.45) is 0 Å². The van der Waals surface area contributed by atoms with Gasteiger partial charge in [0.25, 0.3) is 0 Å². The minimum absolute atomic E-state index is 0.207. The van der Waals surface area contributed by atoms with E-state index >= 15 is 0 Å². The number of nitrogens with zero attached hydrogens (tertiary/aromatic N) is 2. The number of aliphatic hydroxyl groups is 1. The van der Waals surface area contributed by atoms with Gasteiger partial charge in [-0.2, -0.15) is 0 Å². The Hall–Kier alpha value is -2.66. The highest BCUT2D eigenvalue weighted by Crippen LogP contribution is 2.36. The number of aromatic nitrogens is 1. The van der Waals surface area contributed by atoms with Gasteiger partial charge in [-0.3, -0.25) is 5.41 Å². The highest BCUT2D eigenvalue weighted by Gasteiger charge is 2.31. The van der Waals surface area contributed by atoms with Crippen LogP contribution in [-0.4, -0.2) is 22.5 Å². The van der Waals surface area contributed by atoms with Crippen LogP contribution in [0.25, 0.3) is 15.8 Å². The molecule has 0 saturated heterocycles. The van der Waals surface area contributed by atoms with E-state index < -0.39 is 0 Å². The van der Waals surface area contributed by atoms with E-state index in [-0.39, 0.29) is 5.76 Å². The Morgan fingerprint density at radius 3 is 2.71 bits per heavy atom. The molecule has 5 heteroatoms. The maximum Gasteiger partial charge on any atom is 0.139 e. The number of thiazole rings is 1. The molecular weight excluding hydrogens is 318 g/mol. The van der Waals surface area contributed by atoms with E-state index in [9.17, 15) is 5.11 Å². The molecule has 2 aromatic carbocycles. The molecule has 4 nitrogen and oxygen atoms in total. The standard InChI is InChI=1S/C19H17N3OS/c1-11-7-8-14(12(2)9-11)22-10-15(23)17(18(22)20)19-21-13-5-3-4-6-16(13)24-19/h3-9,20,23H,10H2,1-2H3. The van der Waals surface area contributed by atoms with Crippen LogP contribution in [0.5, 0.6) is 0 Å². The molecule has 0 bridgehead atoms. The lowest BCUT2D eigenvalue weighted by atomic mass is 10.1. The van der Waals surface area contributed by atoms with Crippen molar-refractivity contribution in [2.75, 3.05) is 11.4 Å². The van der Waals surface area contributed by atoms with Crippen LogP contribution in [0.4, 0.5) is 5.69 Å². The van der Waals surface area contributed by atoms with Gasteiger partial charge < -0.3 is 10.0 Å². The van der Waals surface area contributed by atoms with Gasteiger partial charge in [-0.15, -0.1) is 11.3 Å². The van der Waals surface area contributed by atoms with Crippen LogP contribution in [0.3, 0.4) is 0 Å². The quantitative estimate of drug-likeness (QED) is 0.715. The van der Waals surface area contributed by atoms with E-state index in [1.165, 1.54) is 16.9 Å². The smallest absolute Gasteiger partial charge is 0.139 e. The first-order valence-corrected chi connectivity index (χ1v) is 8.58. The number of hydrogen-bond donors (Lipinski definition) is 2. The summed E-state index contributed by atoms with van der Waals surface area (Å²) in [6.45, 7) is 4.39. The van der Waals surface area contributed by atoms with Gasteiger partial charge in [-0.1, -0.05) is 29.8 Å². The van der Waals surface area contributed by atoms with Gasteiger partial charge in [-0.05, 0) is 37.6 Å². The van der Waals surface area contributed by atoms with Crippen LogP contribution in [0, 0.1) is 19.3 Å². The van der Waals surface area contributed by atoms with E-state index in [4.69, 9.17) is 5.41 Å². The van der Waals surface area contributed by atoms with E-state index in [2.05, 4.69) is 11.1 Å². The molecule has 0 aliphatic carbocycles. The topological polar surface area (TPSA) is 60.2 Å². The number of hydrogen-bond acceptors (Lipinski definition) is 4. The maximum atomic E-state index is 10.5. The second-order valence-corrected chi connectivity index (χ2v) is 7.06. The van der Waals surface area contributed by atoms with E-state index in [0.29, 0.717) is 23.0 Å². The zero-order chi connectivity index (χ0) is 16.8. The fourth-order valence-corrected chi connectivity index (χ4v) is 4.13. The molecule has 2 N–H and O–H groups in total. The number of fused-ring (bicyclic) bond motifs is 1. The number of anilines is 1. The van der Waals surface area contributed by atoms with Gasteiger partial charge in [0.1, 0.15) is 16.6 Å². The number of benzene rings is 2. The van der Waals surface area contributed by atoms with Crippen molar-refractivity contribution in [1.82, 2.24) is 4.98 Å². The fourth-order valence-electron chi connectivity index (χ4n) is 3.10. The third kappa shape index (κ3) is 2.29. The second-order valence-electron chi connectivity index (χ2n) is 6.03. The monoisotopic (exact) mass is 335 g/mol. The van der Waals surface area contributed by atoms with Gasteiger partial charge in [0, 0.05) is 5.69 Å². The van der Waals surface area contributed by atoms with Crippen LogP contribution in [0.1, 0.15) is 16.1 Å². The van der Waals surface area contributed by atoms with Gasteiger partial charge in [0.15, 0.2) is 0 Å². The number of amidine groups is 1. The Bertz CT molecular complexity index is 970. The van der Waals surface area contributed by atoms with Crippen molar-refractivity contribution in [3.63, 3.8) is 0 Å². The summed E-state index contributed by atoms with van der Waals surface area (Å²) in [7, 11) is 0. The number of aryl methyl sites for hydroxylation is 2. The molecule has 3 aromatic rings. The third-order valence-electron chi connectivity index (χ3n) is 4.25. The Kier molecular flexibility index (Phi) is 3.39. The Morgan fingerprint density at radius 2 is 1.96 bits per heavy atom. The predicted octanol–water partition coefficient (Wildman–Crippen LogP) is 4.68. The summed E-state index contributed by atoms with van der Waals surface area (Å²) in [6.07, 6.45) is 0. The van der Waals surface area contributed by atoms with E-state index in [0.717, 1.165) is 21.5 Å². The second kappa shape index (κ2) is 5.46. The van der Waals surface area contributed by atoms with Crippen molar-refractivity contribution in [3.8, 4) is 0 Å². The molecule has 4 rings (SSSR count). The van der Waals surface area contributed by atoms with Crippen LogP contribution in [-0.2, 0) is 0 Å². The molecular formula is C19H17N3OS. The summed E-state index contributed by atoms with van der Waals surface area (Å²) in [6, 6.07) is 14.0. The van der Waals surface area contributed by atoms with Crippen LogP contribution >= 0.6 is 11.3 Å². The van der Waals surface area contributed by atoms with Gasteiger partial charge in [0.2, 0.25) is 0 Å². The number of aliphatic hydroxyl groups excluding tert-OH is 1. The van der Waals surface area contributed by atoms with Crippen LogP contribution < -0.4 is 4.90 Å². The number of rotatable bonds is 2. The lowest BCUT2D eigenvalue weighted by molar-refractivity contribution is 0.411. The zero-order valence-corrected chi connectivity index (χ0v) is 14.3. The summed E-state index contributed by atoms with van der Waals surface area (Å²) >= 11 is 1.51. The molecule has 0 unspecified atom stereocenters. The molecule has 1 aliphatic heterocycles. The van der Waals surface area contributed by atoms with Crippen molar-refractivity contribution in [2.45, 2.75) is 13.8 Å². The van der Waals surface area contributed by atoms with Crippen LogP contribution in [0.2, 0.25) is 0 Å². The first kappa shape index (κ1) is 14.9. The molecule has 1 aliphatic rings. The number of para-hydroxylation sites is 1. The minimum Gasteiger partial charge on any atom is -0.510 e. The average molecular weight is 335 g/mol. The van der Waals surface area contributed by atoms with Crippen molar-refractivity contribution < 1.29 is 5.11 Å². The SMILES string of the molecule is Cc1ccc(N2CC(O)=C(c3nc4ccccc4s3)C2=N)c(C)c1. The van der Waals surface area contributed by atoms with Crippen LogP contribution in [0.15, 0.2) is 48.2 Å². The molecule has 0 radical (unpaired) electrons. The molecule has 120 valence electrons. The Morgan fingerprint density at radius 1 is 1.17 bits per heavy atom. The molecule has 0 amide bonds. The highest BCUT2D eigenvalue weighted by molar-refractivity contribution is 7.19. The fraction of sp³-hybridized carbons (Fsp3) is 0.158. The lowest BCUT2D eigenvalue weighted by Gasteiger charge is -2.21. The summed E-state index contributed by atoms with van der Waals surface area (Å²) < 4.78 is 1.06. The Balaban J connectivity index is 1.75. The summed E-state index contributed by atoms with van der Waals surface area (Å²) in [5.41, 5.74) is 4.67. The Labute approximate surface area is 144 Å². The van der Waals surface area contributed by atoms with Gasteiger partial charge in [-0.25, -0.2) is 4.98 Å². The van der Waals surface area contributed by atoms with Gasteiger partial charge >= 0.3 is 0 Å². The lowest BCUT2D eigenvalue weighted by Crippen LogP contribution is -2.26. The van der Waals surface area contributed by atoms with Crippen molar-refractivity contribution in [3.05, 3.63) is 64.4 Å². The molecule has 0 spiro atoms. The van der Waals surface area contributed by atoms with Gasteiger partial charge in [0.05, 0.1) is 22.3 Å². The largest absolute Gasteiger partial charge is 0.510 e. The third-order valence-corrected chi connectivity index (χ3v) is 5.31. The molecule has 24 heavy (non-hydrogen) atoms. The zero-order valence-electron chi connectivity index (χ0n) is 13.5. The van der Waals surface area contributed by atoms with Crippen molar-refractivity contribution >= 4 is 38.6 Å². The average Bonchev–Trinajstić information content (AvgIpc) is 3.08. The normalized spacial score (nSPS) is 14.9. The molecule has 0 atom stereocenters. The summed E-state index contributed by atoms with van der Waals surface area (Å²) in [4.78, 5) is 6.43. The summed E-state index contributed by atoms with van der Waals surface area (Å²) in [5, 5.41) is 19.7. The molecule has 0 fully saturated rings. The first-order valence-electron chi connectivity index (χ1n) is 7.76. The van der Waals surface area contributed by atoms with E-state index in [1.807, 2.05) is 55.1 Å². The predicted molar refractivity (Wildman–Crippen MR) is 100 cm³/mol. The number of nitrogens with one attached hydrogen (secondary N) is 1. The van der Waals surface area contributed by atoms with Crippen molar-refractivity contribution in [1.29, 1.82) is 5.41 Å². The highest BCUT2D eigenvalue weighted by atomic mass is 32.1. The minimum atomic E-state index is 0.207. The molecule has 2 heterocycles. The van der Waals surface area contributed by atoms with E-state index in [1.54, 1.807) is 0 Å². The molecule has 1 aromatic heterocycles. The maximum absolute atomic E-state index is 10.5.